The van der Waals surface area contributed by atoms with Crippen LogP contribution in [0.15, 0.2) is 16.8 Å². The van der Waals surface area contributed by atoms with Crippen molar-refractivity contribution in [3.05, 3.63) is 22.4 Å². The Kier molecular flexibility index (Phi) is 4.67. The van der Waals surface area contributed by atoms with E-state index in [0.717, 1.165) is 24.8 Å². The molecule has 3 N–H and O–H groups in total. The molecule has 2 amide bonds. The van der Waals surface area contributed by atoms with Crippen LogP contribution in [0.4, 0.5) is 4.79 Å². The topological polar surface area (TPSA) is 70.6 Å². The van der Waals surface area contributed by atoms with Crippen molar-refractivity contribution in [2.45, 2.75) is 37.4 Å². The summed E-state index contributed by atoms with van der Waals surface area (Å²) in [5, 5.41) is 19.6. The van der Waals surface area contributed by atoms with Gasteiger partial charge in [0, 0.05) is 13.7 Å². The Labute approximate surface area is 123 Å². The number of thiophene rings is 1. The van der Waals surface area contributed by atoms with Crippen molar-refractivity contribution in [1.29, 1.82) is 0 Å². The fourth-order valence-electron chi connectivity index (χ4n) is 2.25. The van der Waals surface area contributed by atoms with Crippen molar-refractivity contribution in [3.63, 3.8) is 0 Å². The second-order valence-electron chi connectivity index (χ2n) is 5.56. The zero-order valence-corrected chi connectivity index (χ0v) is 12.8. The molecule has 0 saturated heterocycles. The van der Waals surface area contributed by atoms with Crippen LogP contribution < -0.4 is 10.6 Å². The van der Waals surface area contributed by atoms with Crippen LogP contribution in [0.2, 0.25) is 0 Å². The molecule has 112 valence electrons. The highest BCUT2D eigenvalue weighted by atomic mass is 32.1. The molecular weight excluding hydrogens is 276 g/mol. The summed E-state index contributed by atoms with van der Waals surface area (Å²) in [5.41, 5.74) is -0.421. The van der Waals surface area contributed by atoms with Gasteiger partial charge in [-0.25, -0.2) is 4.79 Å². The third kappa shape index (κ3) is 3.50. The molecule has 0 bridgehead atoms. The molecule has 1 atom stereocenters. The molecule has 0 aromatic carbocycles. The van der Waals surface area contributed by atoms with Crippen LogP contribution in [-0.4, -0.2) is 36.9 Å². The Morgan fingerprint density at radius 1 is 1.55 bits per heavy atom. The van der Waals surface area contributed by atoms with Crippen LogP contribution >= 0.6 is 11.3 Å². The zero-order valence-electron chi connectivity index (χ0n) is 11.9. The van der Waals surface area contributed by atoms with E-state index in [2.05, 4.69) is 10.6 Å². The molecule has 2 rings (SSSR count). The summed E-state index contributed by atoms with van der Waals surface area (Å²) in [4.78, 5) is 11.8. The van der Waals surface area contributed by atoms with Gasteiger partial charge in [-0.05, 0) is 48.6 Å². The number of methoxy groups -OCH3 is 1. The summed E-state index contributed by atoms with van der Waals surface area (Å²) in [6.45, 7) is 2.38. The van der Waals surface area contributed by atoms with Crippen LogP contribution in [-0.2, 0) is 10.3 Å². The molecule has 5 nitrogen and oxygen atoms in total. The number of hydrogen-bond acceptors (Lipinski definition) is 4. The highest BCUT2D eigenvalue weighted by molar-refractivity contribution is 7.08. The van der Waals surface area contributed by atoms with Gasteiger partial charge < -0.3 is 20.5 Å². The molecular formula is C14H22N2O3S. The van der Waals surface area contributed by atoms with Gasteiger partial charge in [0.25, 0.3) is 0 Å². The van der Waals surface area contributed by atoms with Gasteiger partial charge in [-0.1, -0.05) is 0 Å². The Morgan fingerprint density at radius 2 is 2.30 bits per heavy atom. The highest BCUT2D eigenvalue weighted by Gasteiger charge is 2.37. The second-order valence-corrected chi connectivity index (χ2v) is 6.34. The Morgan fingerprint density at radius 3 is 2.80 bits per heavy atom. The number of nitrogens with one attached hydrogen (secondary N) is 2. The molecule has 1 unspecified atom stereocenters. The average Bonchev–Trinajstić information content (AvgIpc) is 2.90. The molecule has 1 aromatic heterocycles. The fraction of sp³-hybridized carbons (Fsp3) is 0.643. The van der Waals surface area contributed by atoms with Gasteiger partial charge in [-0.15, -0.1) is 0 Å². The lowest BCUT2D eigenvalue weighted by Crippen LogP contribution is -2.52. The van der Waals surface area contributed by atoms with Gasteiger partial charge in [0.05, 0.1) is 12.1 Å². The number of carbonyl (C=O) groups excluding carboxylic acids is 1. The predicted molar refractivity (Wildman–Crippen MR) is 78.9 cm³/mol. The zero-order chi connectivity index (χ0) is 14.6. The molecule has 1 heterocycles. The van der Waals surface area contributed by atoms with Crippen molar-refractivity contribution in [1.82, 2.24) is 10.6 Å². The molecule has 1 aliphatic rings. The van der Waals surface area contributed by atoms with Gasteiger partial charge in [0.15, 0.2) is 0 Å². The van der Waals surface area contributed by atoms with E-state index in [1.807, 2.05) is 16.8 Å². The van der Waals surface area contributed by atoms with E-state index in [4.69, 9.17) is 4.74 Å². The van der Waals surface area contributed by atoms with Crippen LogP contribution in [0, 0.1) is 0 Å². The average molecular weight is 298 g/mol. The van der Waals surface area contributed by atoms with Crippen LogP contribution in [0.3, 0.4) is 0 Å². The first-order valence-corrected chi connectivity index (χ1v) is 7.74. The minimum atomic E-state index is -1.05. The van der Waals surface area contributed by atoms with Gasteiger partial charge in [0.1, 0.15) is 5.60 Å². The first-order valence-electron chi connectivity index (χ1n) is 6.79. The lowest BCUT2D eigenvalue weighted by Gasteiger charge is -2.40. The maximum Gasteiger partial charge on any atom is 0.315 e. The largest absolute Gasteiger partial charge is 0.384 e. The van der Waals surface area contributed by atoms with Gasteiger partial charge >= 0.3 is 6.03 Å². The number of ether oxygens (including phenoxy) is 1. The molecule has 1 saturated carbocycles. The maximum absolute atomic E-state index is 11.8. The van der Waals surface area contributed by atoms with Crippen LogP contribution in [0.25, 0.3) is 0 Å². The van der Waals surface area contributed by atoms with Gasteiger partial charge in [-0.2, -0.15) is 11.3 Å². The fourth-order valence-corrected chi connectivity index (χ4v) is 3.04. The van der Waals surface area contributed by atoms with Crippen molar-refractivity contribution < 1.29 is 14.6 Å². The summed E-state index contributed by atoms with van der Waals surface area (Å²) in [6, 6.07) is 1.59. The second kappa shape index (κ2) is 6.11. The van der Waals surface area contributed by atoms with E-state index in [1.54, 1.807) is 14.0 Å². The summed E-state index contributed by atoms with van der Waals surface area (Å²) < 4.78 is 5.44. The summed E-state index contributed by atoms with van der Waals surface area (Å²) in [6.07, 6.45) is 3.11. The van der Waals surface area contributed by atoms with E-state index in [1.165, 1.54) is 11.3 Å². The molecule has 0 spiro atoms. The van der Waals surface area contributed by atoms with Crippen molar-refractivity contribution >= 4 is 17.4 Å². The number of rotatable bonds is 6. The first kappa shape index (κ1) is 15.3. The van der Waals surface area contributed by atoms with E-state index >= 15 is 0 Å². The molecule has 6 heteroatoms. The van der Waals surface area contributed by atoms with Crippen LogP contribution in [0.5, 0.6) is 0 Å². The summed E-state index contributed by atoms with van der Waals surface area (Å²) in [7, 11) is 1.68. The number of aliphatic hydroxyl groups is 1. The lowest BCUT2D eigenvalue weighted by atomic mass is 9.80. The Balaban J connectivity index is 1.75. The van der Waals surface area contributed by atoms with Gasteiger partial charge in [-0.3, -0.25) is 0 Å². The summed E-state index contributed by atoms with van der Waals surface area (Å²) in [5.74, 6) is 0. The van der Waals surface area contributed by atoms with Gasteiger partial charge in [0.2, 0.25) is 0 Å². The third-order valence-corrected chi connectivity index (χ3v) is 4.69. The van der Waals surface area contributed by atoms with E-state index in [-0.39, 0.29) is 18.2 Å². The number of hydrogen-bond donors (Lipinski definition) is 3. The quantitative estimate of drug-likeness (QED) is 0.750. The van der Waals surface area contributed by atoms with E-state index in [0.29, 0.717) is 6.54 Å². The van der Waals surface area contributed by atoms with E-state index < -0.39 is 5.60 Å². The predicted octanol–water partition coefficient (Wildman–Crippen LogP) is 1.82. The summed E-state index contributed by atoms with van der Waals surface area (Å²) >= 11 is 1.52. The van der Waals surface area contributed by atoms with Crippen molar-refractivity contribution in [2.24, 2.45) is 0 Å². The molecule has 20 heavy (non-hydrogen) atoms. The number of amides is 2. The maximum atomic E-state index is 11.8. The lowest BCUT2D eigenvalue weighted by molar-refractivity contribution is -0.0674. The van der Waals surface area contributed by atoms with Crippen LogP contribution in [0.1, 0.15) is 31.7 Å². The Bertz CT molecular complexity index is 436. The molecule has 1 aliphatic carbocycles. The molecule has 1 aromatic rings. The highest BCUT2D eigenvalue weighted by Crippen LogP contribution is 2.34. The standard InChI is InChI=1S/C14H22N2O3S/c1-13(18,11-4-7-20-8-11)9-15-12(17)16-10-14(19-2)5-3-6-14/h4,7-8,18H,3,5-6,9-10H2,1-2H3,(H2,15,16,17). The number of urea groups is 1. The first-order chi connectivity index (χ1) is 9.47. The minimum Gasteiger partial charge on any atom is -0.384 e. The SMILES string of the molecule is COC1(CNC(=O)NCC(C)(O)c2ccsc2)CCC1. The number of carbonyl (C=O) groups is 1. The molecule has 0 aliphatic heterocycles. The minimum absolute atomic E-state index is 0.176. The monoisotopic (exact) mass is 298 g/mol. The molecule has 1 fully saturated rings. The third-order valence-electron chi connectivity index (χ3n) is 4.01. The normalized spacial score (nSPS) is 19.8. The smallest absolute Gasteiger partial charge is 0.315 e. The van der Waals surface area contributed by atoms with E-state index in [9.17, 15) is 9.90 Å². The van der Waals surface area contributed by atoms with Crippen molar-refractivity contribution in [3.8, 4) is 0 Å². The molecule has 0 radical (unpaired) electrons. The Hall–Kier alpha value is -1.11. The van der Waals surface area contributed by atoms with Crippen molar-refractivity contribution in [2.75, 3.05) is 20.2 Å².